The van der Waals surface area contributed by atoms with Gasteiger partial charge in [0.25, 0.3) is 5.91 Å². The molecule has 0 aliphatic carbocycles. The van der Waals surface area contributed by atoms with Crippen molar-refractivity contribution in [2.45, 2.75) is 6.54 Å². The van der Waals surface area contributed by atoms with Crippen molar-refractivity contribution in [3.63, 3.8) is 0 Å². The van der Waals surface area contributed by atoms with Crippen LogP contribution in [0, 0.1) is 0 Å². The summed E-state index contributed by atoms with van der Waals surface area (Å²) in [5.74, 6) is 9.71. The molecule has 1 amide bonds. The van der Waals surface area contributed by atoms with E-state index in [2.05, 4.69) is 20.6 Å². The summed E-state index contributed by atoms with van der Waals surface area (Å²) >= 11 is 5.87. The molecule has 1 atom stereocenters. The molecule has 116 valence electrons. The molecule has 0 bridgehead atoms. The number of pyridine rings is 1. The van der Waals surface area contributed by atoms with Crippen molar-refractivity contribution in [1.29, 1.82) is 0 Å². The summed E-state index contributed by atoms with van der Waals surface area (Å²) in [4.78, 5) is 15.8. The van der Waals surface area contributed by atoms with E-state index in [9.17, 15) is 4.79 Å². The summed E-state index contributed by atoms with van der Waals surface area (Å²) in [5, 5.41) is 0.598. The van der Waals surface area contributed by atoms with Gasteiger partial charge in [-0.3, -0.25) is 10.2 Å². The number of hydrazine groups is 1. The van der Waals surface area contributed by atoms with Gasteiger partial charge in [0.05, 0.1) is 11.6 Å². The standard InChI is InChI=1S/C15H17ClN4OS/c1-22(2)20(14-8-7-13(16)9-18-14)10-11-3-5-12(6-4-11)15(21)19-17/h3-9H,1,10,17H2,2H3,(H,19,21). The monoisotopic (exact) mass is 336 g/mol. The number of anilines is 1. The van der Waals surface area contributed by atoms with E-state index in [1.54, 1.807) is 24.4 Å². The highest BCUT2D eigenvalue weighted by Crippen LogP contribution is 2.25. The van der Waals surface area contributed by atoms with Crippen LogP contribution in [-0.4, -0.2) is 23.0 Å². The fourth-order valence-electron chi connectivity index (χ4n) is 1.88. The second-order valence-corrected chi connectivity index (χ2v) is 6.72. The topological polar surface area (TPSA) is 71.2 Å². The first-order chi connectivity index (χ1) is 10.5. The Labute approximate surface area is 137 Å². The Kier molecular flexibility index (Phi) is 5.54. The third kappa shape index (κ3) is 4.07. The molecule has 0 saturated heterocycles. The molecule has 1 unspecified atom stereocenters. The average Bonchev–Trinajstić information content (AvgIpc) is 2.53. The molecule has 2 aromatic rings. The van der Waals surface area contributed by atoms with Crippen molar-refractivity contribution in [2.24, 2.45) is 5.84 Å². The third-order valence-electron chi connectivity index (χ3n) is 3.02. The van der Waals surface area contributed by atoms with E-state index in [-0.39, 0.29) is 16.6 Å². The van der Waals surface area contributed by atoms with Crippen molar-refractivity contribution in [1.82, 2.24) is 10.4 Å². The van der Waals surface area contributed by atoms with Crippen LogP contribution < -0.4 is 15.6 Å². The van der Waals surface area contributed by atoms with E-state index in [1.165, 1.54) is 0 Å². The minimum absolute atomic E-state index is 0.249. The minimum Gasteiger partial charge on any atom is -0.303 e. The van der Waals surface area contributed by atoms with Gasteiger partial charge in [-0.2, -0.15) is 0 Å². The lowest BCUT2D eigenvalue weighted by Gasteiger charge is -2.24. The summed E-state index contributed by atoms with van der Waals surface area (Å²) < 4.78 is 2.08. The fourth-order valence-corrected chi connectivity index (χ4v) is 2.79. The third-order valence-corrected chi connectivity index (χ3v) is 4.31. The van der Waals surface area contributed by atoms with Crippen LogP contribution in [0.1, 0.15) is 15.9 Å². The van der Waals surface area contributed by atoms with Crippen LogP contribution in [0.5, 0.6) is 0 Å². The number of carbonyl (C=O) groups excluding carboxylic acids is 1. The summed E-state index contributed by atoms with van der Waals surface area (Å²) in [5.41, 5.74) is 3.68. The Balaban J connectivity index is 2.19. The predicted octanol–water partition coefficient (Wildman–Crippen LogP) is 2.59. The number of amides is 1. The molecule has 0 fully saturated rings. The molecule has 22 heavy (non-hydrogen) atoms. The smallest absolute Gasteiger partial charge is 0.265 e. The van der Waals surface area contributed by atoms with E-state index in [0.717, 1.165) is 11.4 Å². The minimum atomic E-state index is -0.310. The van der Waals surface area contributed by atoms with Crippen LogP contribution in [0.2, 0.25) is 5.02 Å². The van der Waals surface area contributed by atoms with E-state index >= 15 is 0 Å². The van der Waals surface area contributed by atoms with Gasteiger partial charge in [-0.25, -0.2) is 10.8 Å². The SMILES string of the molecule is C=S(C)N(Cc1ccc(C(=O)NN)cc1)c1ccc(Cl)cn1. The van der Waals surface area contributed by atoms with Crippen LogP contribution in [-0.2, 0) is 6.54 Å². The molecule has 7 heteroatoms. The van der Waals surface area contributed by atoms with Crippen molar-refractivity contribution >= 4 is 39.9 Å². The Morgan fingerprint density at radius 2 is 2.05 bits per heavy atom. The fraction of sp³-hybridized carbons (Fsp3) is 0.133. The summed E-state index contributed by atoms with van der Waals surface area (Å²) in [7, 11) is -0.249. The molecule has 2 rings (SSSR count). The van der Waals surface area contributed by atoms with Gasteiger partial charge >= 0.3 is 0 Å². The van der Waals surface area contributed by atoms with Gasteiger partial charge in [0.2, 0.25) is 0 Å². The number of hydrogen-bond donors (Lipinski definition) is 2. The highest BCUT2D eigenvalue weighted by Gasteiger charge is 2.10. The number of nitrogens with zero attached hydrogens (tertiary/aromatic N) is 2. The Hall–Kier alpha value is -1.89. The van der Waals surface area contributed by atoms with E-state index in [1.807, 2.05) is 24.5 Å². The number of nitrogen functional groups attached to an aromatic ring is 1. The lowest BCUT2D eigenvalue weighted by molar-refractivity contribution is 0.0953. The Bertz CT molecular complexity index is 673. The van der Waals surface area contributed by atoms with Gasteiger partial charge in [0.1, 0.15) is 5.82 Å². The highest BCUT2D eigenvalue weighted by atomic mass is 35.5. The van der Waals surface area contributed by atoms with E-state index in [4.69, 9.17) is 17.4 Å². The summed E-state index contributed by atoms with van der Waals surface area (Å²) in [6, 6.07) is 10.9. The largest absolute Gasteiger partial charge is 0.303 e. The zero-order chi connectivity index (χ0) is 16.1. The van der Waals surface area contributed by atoms with E-state index < -0.39 is 0 Å². The number of benzene rings is 1. The van der Waals surface area contributed by atoms with Crippen LogP contribution in [0.3, 0.4) is 0 Å². The summed E-state index contributed by atoms with van der Waals surface area (Å²) in [6.45, 7) is 0.641. The first kappa shape index (κ1) is 16.5. The van der Waals surface area contributed by atoms with Crippen LogP contribution in [0.25, 0.3) is 0 Å². The quantitative estimate of drug-likeness (QED) is 0.381. The number of nitrogens with two attached hydrogens (primary N) is 1. The Morgan fingerprint density at radius 1 is 1.36 bits per heavy atom. The molecular formula is C15H17ClN4OS. The molecule has 0 spiro atoms. The average molecular weight is 337 g/mol. The van der Waals surface area contributed by atoms with Crippen LogP contribution in [0.4, 0.5) is 5.82 Å². The van der Waals surface area contributed by atoms with Gasteiger partial charge in [-0.15, -0.1) is 10.7 Å². The number of halogens is 1. The molecule has 3 N–H and O–H groups in total. The van der Waals surface area contributed by atoms with Crippen molar-refractivity contribution in [3.8, 4) is 0 Å². The normalized spacial score (nSPS) is 11.8. The Morgan fingerprint density at radius 3 is 2.55 bits per heavy atom. The van der Waals surface area contributed by atoms with Gasteiger partial charge < -0.3 is 4.31 Å². The van der Waals surface area contributed by atoms with Crippen molar-refractivity contribution in [2.75, 3.05) is 10.6 Å². The first-order valence-corrected chi connectivity index (χ1v) is 8.59. The molecule has 0 radical (unpaired) electrons. The number of nitrogens with one attached hydrogen (secondary N) is 1. The summed E-state index contributed by atoms with van der Waals surface area (Å²) in [6.07, 6.45) is 3.64. The lowest BCUT2D eigenvalue weighted by atomic mass is 10.1. The second kappa shape index (κ2) is 7.40. The van der Waals surface area contributed by atoms with Gasteiger partial charge in [-0.05, 0) is 36.1 Å². The molecule has 0 aliphatic rings. The number of hydrogen-bond acceptors (Lipinski definition) is 4. The van der Waals surface area contributed by atoms with Crippen molar-refractivity contribution < 1.29 is 4.79 Å². The molecule has 5 nitrogen and oxygen atoms in total. The molecule has 1 heterocycles. The number of rotatable bonds is 5. The lowest BCUT2D eigenvalue weighted by Crippen LogP contribution is -2.29. The maximum Gasteiger partial charge on any atom is 0.265 e. The molecule has 1 aromatic heterocycles. The molecule has 0 aliphatic heterocycles. The zero-order valence-corrected chi connectivity index (χ0v) is 13.7. The van der Waals surface area contributed by atoms with Gasteiger partial charge in [0, 0.05) is 11.8 Å². The second-order valence-electron chi connectivity index (χ2n) is 4.64. The van der Waals surface area contributed by atoms with Gasteiger partial charge in [-0.1, -0.05) is 29.6 Å². The predicted molar refractivity (Wildman–Crippen MR) is 94.2 cm³/mol. The van der Waals surface area contributed by atoms with Crippen LogP contribution >= 0.6 is 22.3 Å². The van der Waals surface area contributed by atoms with Crippen molar-refractivity contribution in [3.05, 3.63) is 58.7 Å². The number of carbonyl (C=O) groups is 1. The molecular weight excluding hydrogens is 320 g/mol. The maximum absolute atomic E-state index is 11.4. The van der Waals surface area contributed by atoms with Crippen LogP contribution in [0.15, 0.2) is 42.6 Å². The first-order valence-electron chi connectivity index (χ1n) is 6.46. The number of aromatic nitrogens is 1. The van der Waals surface area contributed by atoms with E-state index in [0.29, 0.717) is 17.1 Å². The maximum atomic E-state index is 11.4. The molecule has 1 aromatic carbocycles. The molecule has 0 saturated carbocycles. The van der Waals surface area contributed by atoms with Gasteiger partial charge in [0.15, 0.2) is 0 Å². The zero-order valence-electron chi connectivity index (χ0n) is 12.1. The highest BCUT2D eigenvalue weighted by molar-refractivity contribution is 8.14.